The number of halogens is 2. The molecule has 1 saturated heterocycles. The van der Waals surface area contributed by atoms with Gasteiger partial charge in [-0.3, -0.25) is 4.79 Å². The van der Waals surface area contributed by atoms with E-state index in [-0.39, 0.29) is 17.0 Å². The molecule has 1 aliphatic rings. The monoisotopic (exact) mass is 365 g/mol. The highest BCUT2D eigenvalue weighted by molar-refractivity contribution is 6.33. The molecule has 1 fully saturated rings. The van der Waals surface area contributed by atoms with Crippen LogP contribution in [-0.4, -0.2) is 30.0 Å². The Morgan fingerprint density at radius 1 is 1.28 bits per heavy atom. The van der Waals surface area contributed by atoms with Crippen LogP contribution in [0.5, 0.6) is 5.75 Å². The largest absolute Gasteiger partial charge is 0.490 e. The summed E-state index contributed by atoms with van der Waals surface area (Å²) in [6, 6.07) is 6.72. The maximum atomic E-state index is 13.1. The third-order valence-corrected chi connectivity index (χ3v) is 4.37. The molecule has 1 aromatic heterocycles. The molecule has 0 unspecified atom stereocenters. The zero-order valence-electron chi connectivity index (χ0n) is 13.6. The number of carbonyl (C=O) groups is 1. The molecule has 1 amide bonds. The number of aryl methyl sites for hydroxylation is 1. The molecule has 3 rings (SSSR count). The number of carbonyl (C=O) groups excluding carboxylic acids is 1. The Morgan fingerprint density at radius 2 is 2.00 bits per heavy atom. The fraction of sp³-hybridized carbons (Fsp3) is 0.333. The number of benzene rings is 1. The molecule has 0 aliphatic carbocycles. The lowest BCUT2D eigenvalue weighted by Gasteiger charge is -2.32. The van der Waals surface area contributed by atoms with E-state index in [1.54, 1.807) is 17.9 Å². The molecule has 25 heavy (non-hydrogen) atoms. The maximum absolute atomic E-state index is 13.1. The molecular weight excluding hydrogens is 349 g/mol. The number of piperidine rings is 1. The summed E-state index contributed by atoms with van der Waals surface area (Å²) in [5, 5.41) is 0.106. The molecule has 0 spiro atoms. The van der Waals surface area contributed by atoms with Gasteiger partial charge in [0.05, 0.1) is 16.7 Å². The first-order chi connectivity index (χ1) is 11.9. The van der Waals surface area contributed by atoms with Gasteiger partial charge in [0.1, 0.15) is 23.4 Å². The van der Waals surface area contributed by atoms with Gasteiger partial charge in [-0.25, -0.2) is 9.18 Å². The Hall–Kier alpha value is -2.34. The summed E-state index contributed by atoms with van der Waals surface area (Å²) < 4.78 is 23.8. The smallest absolute Gasteiger partial charge is 0.339 e. The van der Waals surface area contributed by atoms with Crippen LogP contribution >= 0.6 is 11.6 Å². The second-order valence-electron chi connectivity index (χ2n) is 5.96. The Balaban J connectivity index is 1.61. The molecule has 0 N–H and O–H groups in total. The van der Waals surface area contributed by atoms with E-state index in [9.17, 15) is 14.0 Å². The van der Waals surface area contributed by atoms with E-state index in [1.807, 2.05) is 0 Å². The zero-order chi connectivity index (χ0) is 18.0. The van der Waals surface area contributed by atoms with E-state index < -0.39 is 11.4 Å². The molecule has 2 heterocycles. The van der Waals surface area contributed by atoms with Crippen molar-refractivity contribution >= 4 is 17.5 Å². The van der Waals surface area contributed by atoms with E-state index in [0.717, 1.165) is 6.07 Å². The van der Waals surface area contributed by atoms with E-state index in [2.05, 4.69) is 0 Å². The molecule has 0 radical (unpaired) electrons. The Kier molecular flexibility index (Phi) is 5.08. The van der Waals surface area contributed by atoms with Crippen molar-refractivity contribution in [3.8, 4) is 5.75 Å². The van der Waals surface area contributed by atoms with Gasteiger partial charge in [0, 0.05) is 32.0 Å². The standard InChI is InChI=1S/C18H17ClFNO4/c1-11-8-14(10-17(22)24-11)25-13-4-6-21(7-5-13)18(23)15-3-2-12(20)9-16(15)19/h2-3,8-10,13H,4-7H2,1H3. The van der Waals surface area contributed by atoms with Gasteiger partial charge >= 0.3 is 5.63 Å². The molecule has 5 nitrogen and oxygen atoms in total. The van der Waals surface area contributed by atoms with Crippen LogP contribution in [0.15, 0.2) is 39.5 Å². The van der Waals surface area contributed by atoms with Crippen molar-refractivity contribution in [1.29, 1.82) is 0 Å². The molecule has 0 saturated carbocycles. The third-order valence-electron chi connectivity index (χ3n) is 4.06. The molecule has 7 heteroatoms. The average Bonchev–Trinajstić information content (AvgIpc) is 2.54. The average molecular weight is 366 g/mol. The maximum Gasteiger partial charge on any atom is 0.339 e. The van der Waals surface area contributed by atoms with Crippen LogP contribution < -0.4 is 10.4 Å². The van der Waals surface area contributed by atoms with Crippen molar-refractivity contribution in [3.63, 3.8) is 0 Å². The van der Waals surface area contributed by atoms with Crippen LogP contribution in [0.25, 0.3) is 0 Å². The number of amides is 1. The molecule has 0 bridgehead atoms. The van der Waals surface area contributed by atoms with Crippen LogP contribution in [0, 0.1) is 12.7 Å². The lowest BCUT2D eigenvalue weighted by atomic mass is 10.1. The fourth-order valence-corrected chi connectivity index (χ4v) is 3.09. The minimum atomic E-state index is -0.476. The number of nitrogens with zero attached hydrogens (tertiary/aromatic N) is 1. The second kappa shape index (κ2) is 7.27. The first-order valence-electron chi connectivity index (χ1n) is 7.95. The van der Waals surface area contributed by atoms with Gasteiger partial charge in [0.15, 0.2) is 0 Å². The normalized spacial score (nSPS) is 15.2. The topological polar surface area (TPSA) is 59.8 Å². The van der Waals surface area contributed by atoms with Crippen molar-refractivity contribution in [3.05, 3.63) is 62.9 Å². The van der Waals surface area contributed by atoms with Gasteiger partial charge in [-0.1, -0.05) is 11.6 Å². The van der Waals surface area contributed by atoms with Crippen LogP contribution in [0.2, 0.25) is 5.02 Å². The van der Waals surface area contributed by atoms with E-state index in [0.29, 0.717) is 43.0 Å². The summed E-state index contributed by atoms with van der Waals surface area (Å²) in [4.78, 5) is 25.5. The summed E-state index contributed by atoms with van der Waals surface area (Å²) in [5.74, 6) is 0.261. The van der Waals surface area contributed by atoms with Gasteiger partial charge in [0.25, 0.3) is 5.91 Å². The number of ether oxygens (including phenoxy) is 1. The Morgan fingerprint density at radius 3 is 2.64 bits per heavy atom. The quantitative estimate of drug-likeness (QED) is 0.836. The Labute approximate surface area is 149 Å². The minimum absolute atomic E-state index is 0.0889. The van der Waals surface area contributed by atoms with Crippen molar-refractivity contribution in [1.82, 2.24) is 4.90 Å². The number of hydrogen-bond donors (Lipinski definition) is 0. The fourth-order valence-electron chi connectivity index (χ4n) is 2.85. The lowest BCUT2D eigenvalue weighted by molar-refractivity contribution is 0.0594. The minimum Gasteiger partial charge on any atom is -0.490 e. The number of hydrogen-bond acceptors (Lipinski definition) is 4. The lowest BCUT2D eigenvalue weighted by Crippen LogP contribution is -2.42. The predicted octanol–water partition coefficient (Wildman–Crippen LogP) is 3.42. The Bertz CT molecular complexity index is 843. The number of rotatable bonds is 3. The van der Waals surface area contributed by atoms with Gasteiger partial charge in [0.2, 0.25) is 0 Å². The van der Waals surface area contributed by atoms with Crippen LogP contribution in [-0.2, 0) is 0 Å². The molecule has 1 aliphatic heterocycles. The number of likely N-dealkylation sites (tertiary alicyclic amines) is 1. The van der Waals surface area contributed by atoms with Crippen LogP contribution in [0.4, 0.5) is 4.39 Å². The van der Waals surface area contributed by atoms with E-state index in [1.165, 1.54) is 18.2 Å². The van der Waals surface area contributed by atoms with E-state index >= 15 is 0 Å². The summed E-state index contributed by atoms with van der Waals surface area (Å²) in [6.07, 6.45) is 1.17. The highest BCUT2D eigenvalue weighted by atomic mass is 35.5. The van der Waals surface area contributed by atoms with Crippen LogP contribution in [0.1, 0.15) is 29.0 Å². The summed E-state index contributed by atoms with van der Waals surface area (Å²) >= 11 is 5.96. The van der Waals surface area contributed by atoms with Crippen molar-refractivity contribution in [2.45, 2.75) is 25.9 Å². The summed E-state index contributed by atoms with van der Waals surface area (Å²) in [5.41, 5.74) is -0.160. The molecule has 132 valence electrons. The van der Waals surface area contributed by atoms with Gasteiger partial charge in [-0.15, -0.1) is 0 Å². The second-order valence-corrected chi connectivity index (χ2v) is 6.36. The van der Waals surface area contributed by atoms with Crippen molar-refractivity contribution in [2.24, 2.45) is 0 Å². The van der Waals surface area contributed by atoms with Gasteiger partial charge in [-0.2, -0.15) is 0 Å². The first kappa shape index (κ1) is 17.5. The van der Waals surface area contributed by atoms with Crippen molar-refractivity contribution in [2.75, 3.05) is 13.1 Å². The SMILES string of the molecule is Cc1cc(OC2CCN(C(=O)c3ccc(F)cc3Cl)CC2)cc(=O)o1. The summed E-state index contributed by atoms with van der Waals surface area (Å²) in [7, 11) is 0. The molecule has 0 atom stereocenters. The first-order valence-corrected chi connectivity index (χ1v) is 8.33. The molecule has 1 aromatic carbocycles. The molecule has 2 aromatic rings. The van der Waals surface area contributed by atoms with Crippen molar-refractivity contribution < 1.29 is 18.3 Å². The summed E-state index contributed by atoms with van der Waals surface area (Å²) in [6.45, 7) is 2.68. The van der Waals surface area contributed by atoms with Gasteiger partial charge in [-0.05, 0) is 25.1 Å². The molecular formula is C18H17ClFNO4. The predicted molar refractivity (Wildman–Crippen MR) is 90.7 cm³/mol. The third kappa shape index (κ3) is 4.20. The highest BCUT2D eigenvalue weighted by Crippen LogP contribution is 2.23. The van der Waals surface area contributed by atoms with Crippen LogP contribution in [0.3, 0.4) is 0 Å². The van der Waals surface area contributed by atoms with Gasteiger partial charge < -0.3 is 14.1 Å². The van der Waals surface area contributed by atoms with E-state index in [4.69, 9.17) is 20.8 Å². The highest BCUT2D eigenvalue weighted by Gasteiger charge is 2.26. The zero-order valence-corrected chi connectivity index (χ0v) is 14.4.